The van der Waals surface area contributed by atoms with Gasteiger partial charge < -0.3 is 22.9 Å². The number of hydrogen-bond acceptors (Lipinski definition) is 2. The van der Waals surface area contributed by atoms with Crippen molar-refractivity contribution in [2.75, 3.05) is 0 Å². The van der Waals surface area contributed by atoms with Crippen molar-refractivity contribution in [1.29, 1.82) is 0 Å². The van der Waals surface area contributed by atoms with E-state index in [9.17, 15) is 19.2 Å². The van der Waals surface area contributed by atoms with Crippen molar-refractivity contribution >= 4 is 99.5 Å². The van der Waals surface area contributed by atoms with Gasteiger partial charge in [0.1, 0.15) is 17.2 Å². The minimum atomic E-state index is -2.03. The van der Waals surface area contributed by atoms with Crippen LogP contribution in [-0.2, 0) is 0 Å². The summed E-state index contributed by atoms with van der Waals surface area (Å²) in [5, 5.41) is -3.20. The first-order chi connectivity index (χ1) is 42.3. The molecule has 0 spiro atoms. The maximum absolute atomic E-state index is 10.5. The van der Waals surface area contributed by atoms with E-state index in [0.29, 0.717) is 0 Å². The Labute approximate surface area is 385 Å². The first-order valence-corrected chi connectivity index (χ1v) is 18.2. The fourth-order valence-corrected chi connectivity index (χ4v) is 8.90. The van der Waals surface area contributed by atoms with E-state index in [0.717, 1.165) is 13.5 Å². The second-order valence-corrected chi connectivity index (χ2v) is 14.1. The number of fused-ring (bicyclic) bond motifs is 17. The third-order valence-corrected chi connectivity index (χ3v) is 11.2. The zero-order valence-corrected chi connectivity index (χ0v) is 29.7. The molecule has 0 amide bonds. The summed E-state index contributed by atoms with van der Waals surface area (Å²) >= 11 is 0. The van der Waals surface area contributed by atoms with Gasteiger partial charge in [-0.1, -0.05) is 109 Å². The smallest absolute Gasteiger partial charge is 0.434 e. The quantitative estimate of drug-likeness (QED) is 0.163. The van der Waals surface area contributed by atoms with Gasteiger partial charge in [-0.05, 0) is 72.0 Å². The van der Waals surface area contributed by atoms with Crippen LogP contribution in [0.25, 0.3) is 104 Å². The van der Waals surface area contributed by atoms with Crippen molar-refractivity contribution in [2.24, 2.45) is 0 Å². The molecule has 5 nitrogen and oxygen atoms in total. The van der Waals surface area contributed by atoms with Gasteiger partial charge in [-0.2, -0.15) is 0 Å². The van der Waals surface area contributed by atoms with Crippen molar-refractivity contribution in [2.45, 2.75) is 0 Å². The van der Waals surface area contributed by atoms with Gasteiger partial charge in [0.05, 0.1) is 85.4 Å². The third-order valence-electron chi connectivity index (χ3n) is 11.2. The van der Waals surface area contributed by atoms with E-state index < -0.39 is 288 Å². The molecule has 0 saturated heterocycles. The molecule has 6 heterocycles. The molecule has 0 radical (unpaired) electrons. The van der Waals surface area contributed by atoms with Gasteiger partial charge in [-0.25, -0.2) is 0 Å². The summed E-state index contributed by atoms with van der Waals surface area (Å²) in [6, 6.07) is -25.1. The van der Waals surface area contributed by atoms with Crippen LogP contribution in [0.3, 0.4) is 0 Å². The number of nitrogens with zero attached hydrogens (tertiary/aromatic N) is 3. The second kappa shape index (κ2) is 11.0. The van der Waals surface area contributed by atoms with Crippen LogP contribution in [0.2, 0.25) is 0 Å². The zero-order valence-electron chi connectivity index (χ0n) is 59.7. The van der Waals surface area contributed by atoms with Crippen molar-refractivity contribution in [3.8, 4) is 39.8 Å². The van der Waals surface area contributed by atoms with Gasteiger partial charge >= 0.3 is 6.92 Å². The highest BCUT2D eigenvalue weighted by molar-refractivity contribution is 6.84. The number of hydrogen-bond donors (Lipinski definition) is 0. The van der Waals surface area contributed by atoms with E-state index in [1.165, 1.54) is 0 Å². The molecule has 0 saturated carbocycles. The van der Waals surface area contributed by atoms with Crippen LogP contribution in [0, 0.1) is 0 Å². The average molecular weight is 794 g/mol. The largest absolute Gasteiger partial charge is 0.551 e. The predicted molar refractivity (Wildman–Crippen MR) is 247 cm³/mol. The van der Waals surface area contributed by atoms with Crippen molar-refractivity contribution in [3.05, 3.63) is 181 Å². The Morgan fingerprint density at radius 1 is 0.400 bits per heavy atom. The first kappa shape index (κ1) is 14.7. The number of rotatable bonds is 2. The number of ether oxygens (including phenoxy) is 1. The Bertz CT molecular complexity index is 5740. The van der Waals surface area contributed by atoms with Crippen LogP contribution in [0.5, 0.6) is 17.2 Å². The molecule has 0 N–H and O–H groups in total. The molecule has 2 aliphatic rings. The Hall–Kier alpha value is -7.96. The Balaban J connectivity index is 1.16. The highest BCUT2D eigenvalue weighted by Gasteiger charge is 2.41. The molecule has 0 atom stereocenters. The standard InChI is InChI=1S/C54H30BN3O2/c1-7-19-43-33(13-1)34-14-2-8-20-44(34)56(43)31-25-26-49-42(28-31)55-52-39(37-17-6-12-24-48(37)60-55)27-32(29-50(52)59-49)57-45-21-9-3-15-35(45)40-30-41-36-16-4-10-22-46(36)58-47-23-11-5-18-38(47)51(53(40)57)54(41)58/h1-30H/i1D,2D,3D,4D,5D,6D,7D,8D,9D,10D,11D,12D,13D,14D,15D,16D,17D,18D,19D,20D,21D,22D,23D,24D,25D,26D,27D,28D,29D,30D. The Kier molecular flexibility index (Phi) is 2.68. The van der Waals surface area contributed by atoms with Crippen LogP contribution >= 0.6 is 0 Å². The highest BCUT2D eigenvalue weighted by Crippen LogP contribution is 2.48. The van der Waals surface area contributed by atoms with Crippen LogP contribution in [0.1, 0.15) is 41.1 Å². The molecule has 15 rings (SSSR count). The molecule has 0 aliphatic carbocycles. The lowest BCUT2D eigenvalue weighted by molar-refractivity contribution is 0.479. The number of para-hydroxylation sites is 6. The lowest BCUT2D eigenvalue weighted by Gasteiger charge is -2.33. The fraction of sp³-hybridized carbons (Fsp3) is 0. The van der Waals surface area contributed by atoms with Crippen molar-refractivity contribution in [1.82, 2.24) is 13.5 Å². The molecule has 276 valence electrons. The molecule has 0 bridgehead atoms. The van der Waals surface area contributed by atoms with Gasteiger partial charge in [0.2, 0.25) is 0 Å². The fourth-order valence-electron chi connectivity index (χ4n) is 8.90. The van der Waals surface area contributed by atoms with E-state index in [-0.39, 0.29) is 32.6 Å². The van der Waals surface area contributed by atoms with Gasteiger partial charge in [-0.15, -0.1) is 0 Å². The van der Waals surface area contributed by atoms with Gasteiger partial charge in [0, 0.05) is 71.3 Å². The van der Waals surface area contributed by atoms with Crippen LogP contribution in [-0.4, -0.2) is 20.5 Å². The lowest BCUT2D eigenvalue weighted by Crippen LogP contribution is -2.53. The monoisotopic (exact) mass is 793 g/mol. The predicted octanol–water partition coefficient (Wildman–Crippen LogP) is 12.3. The van der Waals surface area contributed by atoms with E-state index in [4.69, 9.17) is 31.3 Å². The SMILES string of the molecule is [2H]c1c([2H])c([2H])c2c(c1[2H])OB1c3c([2H])c(-n4c5c([2H])c([2H])c([2H])c([2H])c5c5c([2H])c([2H])c([2H])c([2H])c54)c([2H])c([2H])c3Oc3c([2H])c(-n4c5c([2H])c([2H])c([2H])c([2H])c5c5c([2H])c6c7c([2H])c([2H])c([2H])c([2H])c7n7c8c([2H])c([2H])c([2H])c([2H])c8c(c54)c67)c([2H])c-2c31. The summed E-state index contributed by atoms with van der Waals surface area (Å²) in [5.41, 5.74) is -6.88. The molecule has 4 aromatic heterocycles. The molecular weight excluding hydrogens is 733 g/mol. The molecule has 60 heavy (non-hydrogen) atoms. The van der Waals surface area contributed by atoms with E-state index in [2.05, 4.69) is 0 Å². The summed E-state index contributed by atoms with van der Waals surface area (Å²) < 4.78 is 294. The average Bonchev–Trinajstić information content (AvgIpc) is 1.65. The topological polar surface area (TPSA) is 32.7 Å². The normalized spacial score (nSPS) is 20.2. The van der Waals surface area contributed by atoms with Crippen LogP contribution < -0.4 is 20.3 Å². The van der Waals surface area contributed by atoms with Crippen LogP contribution in [0.4, 0.5) is 0 Å². The summed E-state index contributed by atoms with van der Waals surface area (Å²) in [6.45, 7) is -2.03. The Morgan fingerprint density at radius 3 is 1.70 bits per heavy atom. The minimum absolute atomic E-state index is 0.249. The van der Waals surface area contributed by atoms with E-state index >= 15 is 0 Å². The van der Waals surface area contributed by atoms with Crippen LogP contribution in [0.15, 0.2) is 181 Å². The van der Waals surface area contributed by atoms with E-state index in [1.807, 2.05) is 0 Å². The van der Waals surface area contributed by atoms with Gasteiger partial charge in [0.15, 0.2) is 0 Å². The van der Waals surface area contributed by atoms with Gasteiger partial charge in [-0.3, -0.25) is 0 Å². The molecule has 2 aliphatic heterocycles. The lowest BCUT2D eigenvalue weighted by atomic mass is 9.50. The first-order valence-electron chi connectivity index (χ1n) is 33.2. The van der Waals surface area contributed by atoms with Crippen molar-refractivity contribution < 1.29 is 50.5 Å². The second-order valence-electron chi connectivity index (χ2n) is 14.1. The molecule has 6 heteroatoms. The Morgan fingerprint density at radius 2 is 0.967 bits per heavy atom. The molecule has 0 fully saturated rings. The summed E-state index contributed by atoms with van der Waals surface area (Å²) in [4.78, 5) is 0. The molecule has 13 aromatic rings. The third kappa shape index (κ3) is 3.76. The molecular formula is C54H30BN3O2. The minimum Gasteiger partial charge on any atom is -0.551 e. The van der Waals surface area contributed by atoms with Crippen molar-refractivity contribution in [3.63, 3.8) is 0 Å². The van der Waals surface area contributed by atoms with Gasteiger partial charge in [0.25, 0.3) is 0 Å². The van der Waals surface area contributed by atoms with E-state index in [1.54, 1.807) is 0 Å². The summed E-state index contributed by atoms with van der Waals surface area (Å²) in [6.07, 6.45) is 0. The summed E-state index contributed by atoms with van der Waals surface area (Å²) in [5.74, 6) is -2.22. The maximum atomic E-state index is 10.5. The highest BCUT2D eigenvalue weighted by atomic mass is 16.5. The maximum Gasteiger partial charge on any atom is 0.434 e. The zero-order chi connectivity index (χ0) is 64.9. The number of aromatic nitrogens is 3. The summed E-state index contributed by atoms with van der Waals surface area (Å²) in [7, 11) is 0. The number of benzene rings is 9. The molecule has 9 aromatic carbocycles. The molecule has 0 unspecified atom stereocenters.